The summed E-state index contributed by atoms with van der Waals surface area (Å²) in [7, 11) is 0. The predicted octanol–water partition coefficient (Wildman–Crippen LogP) is 6.59. The van der Waals surface area contributed by atoms with E-state index in [2.05, 4.69) is 25.9 Å². The first-order valence-corrected chi connectivity index (χ1v) is 12.7. The summed E-state index contributed by atoms with van der Waals surface area (Å²) in [6.45, 7) is 3.87. The van der Waals surface area contributed by atoms with Gasteiger partial charge in [0, 0.05) is 28.2 Å². The number of nitrogens with two attached hydrogens (primary N) is 1. The first-order chi connectivity index (χ1) is 19.3. The molecule has 8 nitrogen and oxygen atoms in total. The number of nitrogens with one attached hydrogen (secondary N) is 3. The number of anilines is 5. The molecule has 1 heterocycles. The molecule has 5 N–H and O–H groups in total. The third-order valence-corrected chi connectivity index (χ3v) is 6.30. The normalized spacial score (nSPS) is 10.6. The van der Waals surface area contributed by atoms with E-state index in [1.165, 1.54) is 18.0 Å². The molecular weight excluding hydrogens is 500 g/mol. The molecule has 0 spiro atoms. The average Bonchev–Trinajstić information content (AvgIpc) is 2.95. The highest BCUT2D eigenvalue weighted by atomic mass is 16.2. The Morgan fingerprint density at radius 3 is 2.15 bits per heavy atom. The number of benzene rings is 4. The summed E-state index contributed by atoms with van der Waals surface area (Å²) in [6.07, 6.45) is 3.03. The lowest BCUT2D eigenvalue weighted by Crippen LogP contribution is -2.16. The summed E-state index contributed by atoms with van der Waals surface area (Å²) in [4.78, 5) is 34.6. The largest absolute Gasteiger partial charge is 0.399 e. The first-order valence-electron chi connectivity index (χ1n) is 12.7. The van der Waals surface area contributed by atoms with Crippen molar-refractivity contribution in [2.45, 2.75) is 13.8 Å². The molecule has 0 aliphatic rings. The van der Waals surface area contributed by atoms with Crippen LogP contribution >= 0.6 is 0 Å². The highest BCUT2D eigenvalue weighted by molar-refractivity contribution is 6.08. The molecule has 0 saturated heterocycles. The van der Waals surface area contributed by atoms with Crippen LogP contribution in [0.25, 0.3) is 11.1 Å². The number of nitrogen functional groups attached to an aromatic ring is 1. The molecule has 0 saturated carbocycles. The van der Waals surface area contributed by atoms with Crippen molar-refractivity contribution in [2.75, 3.05) is 21.7 Å². The highest BCUT2D eigenvalue weighted by Gasteiger charge is 2.14. The molecule has 8 heteroatoms. The van der Waals surface area contributed by atoms with Crippen LogP contribution in [0, 0.1) is 13.8 Å². The fourth-order valence-corrected chi connectivity index (χ4v) is 4.13. The maximum absolute atomic E-state index is 13.1. The fourth-order valence-electron chi connectivity index (χ4n) is 4.13. The molecule has 40 heavy (non-hydrogen) atoms. The van der Waals surface area contributed by atoms with Gasteiger partial charge in [-0.05, 0) is 73.0 Å². The van der Waals surface area contributed by atoms with Crippen LogP contribution in [0.5, 0.6) is 0 Å². The van der Waals surface area contributed by atoms with Crippen molar-refractivity contribution in [2.24, 2.45) is 0 Å². The summed E-state index contributed by atoms with van der Waals surface area (Å²) in [5, 5.41) is 8.79. The van der Waals surface area contributed by atoms with Crippen molar-refractivity contribution >= 4 is 40.5 Å². The minimum Gasteiger partial charge on any atom is -0.399 e. The number of rotatable bonds is 7. The Bertz CT molecular complexity index is 1680. The number of nitrogens with zero attached hydrogens (tertiary/aromatic N) is 2. The van der Waals surface area contributed by atoms with Crippen LogP contribution in [0.1, 0.15) is 31.8 Å². The van der Waals surface area contributed by atoms with E-state index in [0.29, 0.717) is 34.1 Å². The van der Waals surface area contributed by atoms with Gasteiger partial charge in [-0.25, -0.2) is 9.97 Å². The molecule has 5 rings (SSSR count). The van der Waals surface area contributed by atoms with E-state index in [1.807, 2.05) is 68.4 Å². The van der Waals surface area contributed by atoms with Crippen LogP contribution in [-0.2, 0) is 0 Å². The minimum atomic E-state index is -0.338. The minimum absolute atomic E-state index is 0.263. The Kier molecular flexibility index (Phi) is 7.50. The van der Waals surface area contributed by atoms with Crippen LogP contribution in [0.15, 0.2) is 103 Å². The summed E-state index contributed by atoms with van der Waals surface area (Å²) in [5.41, 5.74) is 13.0. The maximum Gasteiger partial charge on any atom is 0.256 e. The average molecular weight is 529 g/mol. The van der Waals surface area contributed by atoms with Crippen molar-refractivity contribution in [3.8, 4) is 11.1 Å². The Labute approximate surface area is 232 Å². The smallest absolute Gasteiger partial charge is 0.256 e. The van der Waals surface area contributed by atoms with Gasteiger partial charge < -0.3 is 21.7 Å². The van der Waals surface area contributed by atoms with Gasteiger partial charge in [0.15, 0.2) is 0 Å². The van der Waals surface area contributed by atoms with E-state index in [4.69, 9.17) is 5.73 Å². The van der Waals surface area contributed by atoms with Crippen molar-refractivity contribution in [1.82, 2.24) is 9.97 Å². The molecule has 0 fully saturated rings. The number of aryl methyl sites for hydroxylation is 2. The Balaban J connectivity index is 1.26. The first kappa shape index (κ1) is 26.1. The molecule has 0 unspecified atom stereocenters. The summed E-state index contributed by atoms with van der Waals surface area (Å²) in [5.74, 6) is -0.230. The van der Waals surface area contributed by atoms with Gasteiger partial charge in [-0.1, -0.05) is 54.1 Å². The zero-order chi connectivity index (χ0) is 28.1. The number of aromatic nitrogens is 2. The van der Waals surface area contributed by atoms with Gasteiger partial charge >= 0.3 is 0 Å². The Morgan fingerprint density at radius 1 is 0.675 bits per heavy atom. The van der Waals surface area contributed by atoms with Crippen LogP contribution in [0.3, 0.4) is 0 Å². The van der Waals surface area contributed by atoms with Crippen LogP contribution in [-0.4, -0.2) is 21.8 Å². The number of amides is 2. The molecule has 0 aliphatic heterocycles. The molecule has 5 aromatic rings. The second-order valence-corrected chi connectivity index (χ2v) is 9.43. The zero-order valence-corrected chi connectivity index (χ0v) is 22.1. The van der Waals surface area contributed by atoms with E-state index in [9.17, 15) is 9.59 Å². The number of hydrogen-bond donors (Lipinski definition) is 4. The van der Waals surface area contributed by atoms with E-state index in [0.717, 1.165) is 22.4 Å². The third-order valence-electron chi connectivity index (χ3n) is 6.30. The number of hydrogen-bond acceptors (Lipinski definition) is 6. The van der Waals surface area contributed by atoms with E-state index in [-0.39, 0.29) is 11.8 Å². The SMILES string of the molecule is Cc1ccc(-c2cccc(C(=O)Nc3ccc(C)c(C(=O)Nc4cnc(Nc5cccc(N)c5)nc4)c3)c2)cc1. The van der Waals surface area contributed by atoms with Gasteiger partial charge in [-0.15, -0.1) is 0 Å². The molecule has 0 atom stereocenters. The quantitative estimate of drug-likeness (QED) is 0.177. The van der Waals surface area contributed by atoms with Gasteiger partial charge in [0.05, 0.1) is 18.1 Å². The molecular formula is C32H28N6O2. The molecule has 0 bridgehead atoms. The lowest BCUT2D eigenvalue weighted by Gasteiger charge is -2.12. The predicted molar refractivity (Wildman–Crippen MR) is 160 cm³/mol. The summed E-state index contributed by atoms with van der Waals surface area (Å²) in [6, 6.07) is 28.1. The number of carbonyl (C=O) groups excluding carboxylic acids is 2. The molecule has 198 valence electrons. The molecule has 0 aliphatic carbocycles. The second kappa shape index (κ2) is 11.5. The topological polar surface area (TPSA) is 122 Å². The van der Waals surface area contributed by atoms with Crippen LogP contribution in [0.2, 0.25) is 0 Å². The lowest BCUT2D eigenvalue weighted by molar-refractivity contribution is 0.101. The number of carbonyl (C=O) groups is 2. The van der Waals surface area contributed by atoms with E-state index in [1.54, 1.807) is 36.4 Å². The summed E-state index contributed by atoms with van der Waals surface area (Å²) >= 11 is 0. The van der Waals surface area contributed by atoms with E-state index < -0.39 is 0 Å². The van der Waals surface area contributed by atoms with Gasteiger partial charge in [0.25, 0.3) is 11.8 Å². The molecule has 0 radical (unpaired) electrons. The van der Waals surface area contributed by atoms with Crippen molar-refractivity contribution in [3.05, 3.63) is 126 Å². The third kappa shape index (κ3) is 6.31. The van der Waals surface area contributed by atoms with Crippen LogP contribution in [0.4, 0.5) is 28.7 Å². The van der Waals surface area contributed by atoms with Crippen molar-refractivity contribution in [3.63, 3.8) is 0 Å². The Hall–Kier alpha value is -5.50. The molecule has 4 aromatic carbocycles. The monoisotopic (exact) mass is 528 g/mol. The maximum atomic E-state index is 13.1. The van der Waals surface area contributed by atoms with E-state index >= 15 is 0 Å². The van der Waals surface area contributed by atoms with Crippen molar-refractivity contribution in [1.29, 1.82) is 0 Å². The van der Waals surface area contributed by atoms with Gasteiger partial charge in [0.2, 0.25) is 5.95 Å². The van der Waals surface area contributed by atoms with Crippen LogP contribution < -0.4 is 21.7 Å². The zero-order valence-electron chi connectivity index (χ0n) is 22.1. The van der Waals surface area contributed by atoms with Gasteiger partial charge in [-0.2, -0.15) is 0 Å². The van der Waals surface area contributed by atoms with Gasteiger partial charge in [-0.3, -0.25) is 9.59 Å². The lowest BCUT2D eigenvalue weighted by atomic mass is 10.0. The molecule has 1 aromatic heterocycles. The fraction of sp³-hybridized carbons (Fsp3) is 0.0625. The second-order valence-electron chi connectivity index (χ2n) is 9.43. The molecule has 2 amide bonds. The Morgan fingerprint density at radius 2 is 1.40 bits per heavy atom. The standard InChI is InChI=1S/C32H28N6O2/c1-20-9-12-22(13-10-20)23-5-3-6-24(15-23)30(39)36-27-14-11-21(2)29(17-27)31(40)37-28-18-34-32(35-19-28)38-26-8-4-7-25(33)16-26/h3-19H,33H2,1-2H3,(H,36,39)(H,37,40)(H,34,35,38). The van der Waals surface area contributed by atoms with Crippen molar-refractivity contribution < 1.29 is 9.59 Å². The highest BCUT2D eigenvalue weighted by Crippen LogP contribution is 2.23. The summed E-state index contributed by atoms with van der Waals surface area (Å²) < 4.78 is 0. The van der Waals surface area contributed by atoms with Gasteiger partial charge in [0.1, 0.15) is 0 Å².